The maximum absolute atomic E-state index is 13.6. The van der Waals surface area contributed by atoms with Crippen molar-refractivity contribution >= 4 is 15.7 Å². The molecule has 0 spiro atoms. The van der Waals surface area contributed by atoms with Gasteiger partial charge in [-0.15, -0.1) is 0 Å². The van der Waals surface area contributed by atoms with Crippen LogP contribution < -0.4 is 10.5 Å². The van der Waals surface area contributed by atoms with Crippen LogP contribution in [0.5, 0.6) is 0 Å². The van der Waals surface area contributed by atoms with Crippen LogP contribution in [-0.2, 0) is 10.0 Å². The van der Waals surface area contributed by atoms with Crippen molar-refractivity contribution in [1.29, 1.82) is 0 Å². The van der Waals surface area contributed by atoms with Crippen LogP contribution in [0.3, 0.4) is 0 Å². The normalized spacial score (nSPS) is 13.7. The number of halogens is 1. The van der Waals surface area contributed by atoms with Gasteiger partial charge < -0.3 is 5.73 Å². The number of hydrogen-bond donors (Lipinski definition) is 2. The number of sulfonamides is 1. The molecule has 0 aliphatic carbocycles. The minimum atomic E-state index is -3.88. The second kappa shape index (κ2) is 6.34. The Balaban J connectivity index is 3.01. The molecule has 0 saturated carbocycles. The Hall–Kier alpha value is -1.14. The Kier molecular flexibility index (Phi) is 5.31. The van der Waals surface area contributed by atoms with E-state index in [1.165, 1.54) is 6.07 Å². The van der Waals surface area contributed by atoms with Gasteiger partial charge >= 0.3 is 0 Å². The number of nitrogens with two attached hydrogens (primary N) is 1. The fourth-order valence-electron chi connectivity index (χ4n) is 2.13. The third-order valence-corrected chi connectivity index (χ3v) is 4.92. The molecule has 1 atom stereocenters. The summed E-state index contributed by atoms with van der Waals surface area (Å²) in [4.78, 5) is -0.398. The minimum Gasteiger partial charge on any atom is -0.399 e. The largest absolute Gasteiger partial charge is 0.399 e. The lowest BCUT2D eigenvalue weighted by Crippen LogP contribution is -2.38. The van der Waals surface area contributed by atoms with Gasteiger partial charge in [0, 0.05) is 11.7 Å². The second-order valence-corrected chi connectivity index (χ2v) is 6.36. The average molecular weight is 288 g/mol. The molecule has 0 bridgehead atoms. The molecule has 0 saturated heterocycles. The summed E-state index contributed by atoms with van der Waals surface area (Å²) in [6.45, 7) is 5.79. The molecule has 0 fully saturated rings. The first kappa shape index (κ1) is 15.9. The van der Waals surface area contributed by atoms with Gasteiger partial charge in [-0.25, -0.2) is 17.5 Å². The van der Waals surface area contributed by atoms with Crippen molar-refractivity contribution in [2.45, 2.75) is 44.6 Å². The number of rotatable bonds is 6. The highest BCUT2D eigenvalue weighted by molar-refractivity contribution is 7.89. The predicted molar refractivity (Wildman–Crippen MR) is 74.7 cm³/mol. The summed E-state index contributed by atoms with van der Waals surface area (Å²) >= 11 is 0. The van der Waals surface area contributed by atoms with Gasteiger partial charge in [-0.05, 0) is 31.0 Å². The molecule has 0 aliphatic heterocycles. The van der Waals surface area contributed by atoms with Crippen molar-refractivity contribution in [3.05, 3.63) is 24.0 Å². The molecule has 3 N–H and O–H groups in total. The highest BCUT2D eigenvalue weighted by atomic mass is 32.2. The molecule has 0 aromatic heterocycles. The molecule has 1 aromatic carbocycles. The molecule has 1 aromatic rings. The molecule has 19 heavy (non-hydrogen) atoms. The van der Waals surface area contributed by atoms with Gasteiger partial charge in [0.15, 0.2) is 0 Å². The third-order valence-electron chi connectivity index (χ3n) is 3.34. The lowest BCUT2D eigenvalue weighted by Gasteiger charge is -2.22. The summed E-state index contributed by atoms with van der Waals surface area (Å²) in [5.41, 5.74) is 5.73. The summed E-state index contributed by atoms with van der Waals surface area (Å²) < 4.78 is 40.4. The fraction of sp³-hybridized carbons (Fsp3) is 0.538. The van der Waals surface area contributed by atoms with E-state index in [0.29, 0.717) is 0 Å². The first-order valence-corrected chi connectivity index (χ1v) is 7.87. The quantitative estimate of drug-likeness (QED) is 0.790. The molecule has 0 radical (unpaired) electrons. The number of hydrogen-bond acceptors (Lipinski definition) is 3. The number of anilines is 1. The van der Waals surface area contributed by atoms with Crippen LogP contribution in [0, 0.1) is 11.7 Å². The zero-order valence-corrected chi connectivity index (χ0v) is 12.3. The zero-order chi connectivity index (χ0) is 14.6. The molecule has 4 nitrogen and oxygen atoms in total. The van der Waals surface area contributed by atoms with Crippen molar-refractivity contribution in [3.63, 3.8) is 0 Å². The molecular weight excluding hydrogens is 267 g/mol. The van der Waals surface area contributed by atoms with Crippen LogP contribution in [0.25, 0.3) is 0 Å². The number of nitrogens with one attached hydrogen (secondary N) is 1. The molecule has 0 amide bonds. The predicted octanol–water partition coefficient (Wildman–Crippen LogP) is 2.51. The van der Waals surface area contributed by atoms with Crippen molar-refractivity contribution in [1.82, 2.24) is 4.72 Å². The molecule has 6 heteroatoms. The van der Waals surface area contributed by atoms with E-state index >= 15 is 0 Å². The van der Waals surface area contributed by atoms with Crippen molar-refractivity contribution in [2.24, 2.45) is 5.92 Å². The summed E-state index contributed by atoms with van der Waals surface area (Å²) in [5, 5.41) is 0. The van der Waals surface area contributed by atoms with Gasteiger partial charge in [0.2, 0.25) is 10.0 Å². The van der Waals surface area contributed by atoms with E-state index in [1.807, 2.05) is 13.8 Å². The van der Waals surface area contributed by atoms with Gasteiger partial charge in [-0.3, -0.25) is 0 Å². The highest BCUT2D eigenvalue weighted by Crippen LogP contribution is 2.20. The van der Waals surface area contributed by atoms with Gasteiger partial charge in [-0.2, -0.15) is 0 Å². The molecule has 108 valence electrons. The summed E-state index contributed by atoms with van der Waals surface area (Å²) in [6, 6.07) is 3.28. The second-order valence-electron chi connectivity index (χ2n) is 4.68. The lowest BCUT2D eigenvalue weighted by atomic mass is 9.96. The van der Waals surface area contributed by atoms with Crippen LogP contribution in [-0.4, -0.2) is 14.5 Å². The maximum atomic E-state index is 13.6. The molecular formula is C13H21FN2O2S. The van der Waals surface area contributed by atoms with E-state index in [0.717, 1.165) is 25.0 Å². The van der Waals surface area contributed by atoms with E-state index in [-0.39, 0.29) is 17.6 Å². The van der Waals surface area contributed by atoms with Crippen molar-refractivity contribution < 1.29 is 12.8 Å². The Morgan fingerprint density at radius 3 is 2.42 bits per heavy atom. The van der Waals surface area contributed by atoms with Crippen molar-refractivity contribution in [3.8, 4) is 0 Å². The topological polar surface area (TPSA) is 72.2 Å². The third kappa shape index (κ3) is 3.91. The van der Waals surface area contributed by atoms with Crippen LogP contribution in [0.2, 0.25) is 0 Å². The minimum absolute atomic E-state index is 0.219. The standard InChI is InChI=1S/C13H21FN2O2S/c1-4-10(5-2)9(3)16-19(17,18)13-8-11(15)6-7-12(13)14/h6-10,16H,4-5,15H2,1-3H3. The van der Waals surface area contributed by atoms with Gasteiger partial charge in [-0.1, -0.05) is 26.7 Å². The first-order chi connectivity index (χ1) is 8.81. The Labute approximate surface area is 114 Å². The zero-order valence-electron chi connectivity index (χ0n) is 11.5. The Morgan fingerprint density at radius 1 is 1.32 bits per heavy atom. The molecule has 0 heterocycles. The summed E-state index contributed by atoms with van der Waals surface area (Å²) in [6.07, 6.45) is 1.72. The summed E-state index contributed by atoms with van der Waals surface area (Å²) in [5.74, 6) is -0.572. The van der Waals surface area contributed by atoms with E-state index in [2.05, 4.69) is 4.72 Å². The van der Waals surface area contributed by atoms with Gasteiger partial charge in [0.25, 0.3) is 0 Å². The monoisotopic (exact) mass is 288 g/mol. The number of benzene rings is 1. The fourth-order valence-corrected chi connectivity index (χ4v) is 3.55. The Morgan fingerprint density at radius 2 is 1.89 bits per heavy atom. The lowest BCUT2D eigenvalue weighted by molar-refractivity contribution is 0.390. The maximum Gasteiger partial charge on any atom is 0.243 e. The van der Waals surface area contributed by atoms with Gasteiger partial charge in [0.1, 0.15) is 10.7 Å². The van der Waals surface area contributed by atoms with E-state index in [9.17, 15) is 12.8 Å². The van der Waals surface area contributed by atoms with E-state index < -0.39 is 20.7 Å². The van der Waals surface area contributed by atoms with E-state index in [1.54, 1.807) is 6.92 Å². The first-order valence-electron chi connectivity index (χ1n) is 6.39. The molecule has 1 rings (SSSR count). The van der Waals surface area contributed by atoms with Crippen LogP contribution in [0.4, 0.5) is 10.1 Å². The van der Waals surface area contributed by atoms with Crippen molar-refractivity contribution in [2.75, 3.05) is 5.73 Å². The SMILES string of the molecule is CCC(CC)C(C)NS(=O)(=O)c1cc(N)ccc1F. The van der Waals surface area contributed by atoms with Crippen LogP contribution >= 0.6 is 0 Å². The number of nitrogen functional groups attached to an aromatic ring is 1. The van der Waals surface area contributed by atoms with Crippen LogP contribution in [0.1, 0.15) is 33.6 Å². The molecule has 1 unspecified atom stereocenters. The average Bonchev–Trinajstić information content (AvgIpc) is 2.33. The van der Waals surface area contributed by atoms with E-state index in [4.69, 9.17) is 5.73 Å². The summed E-state index contributed by atoms with van der Waals surface area (Å²) in [7, 11) is -3.88. The molecule has 0 aliphatic rings. The van der Waals surface area contributed by atoms with Gasteiger partial charge in [0.05, 0.1) is 0 Å². The smallest absolute Gasteiger partial charge is 0.243 e. The van der Waals surface area contributed by atoms with Crippen LogP contribution in [0.15, 0.2) is 23.1 Å². The highest BCUT2D eigenvalue weighted by Gasteiger charge is 2.24. The Bertz CT molecular complexity index is 527.